The summed E-state index contributed by atoms with van der Waals surface area (Å²) in [5.41, 5.74) is 0.510. The Labute approximate surface area is 111 Å². The smallest absolute Gasteiger partial charge is 0.257 e. The fraction of sp³-hybridized carbons (Fsp3) is 0.500. The molecule has 1 aliphatic heterocycles. The molecule has 1 aromatic rings. The van der Waals surface area contributed by atoms with E-state index in [9.17, 15) is 4.79 Å². The number of carbonyl (C=O) groups excluding carboxylic acids is 1. The number of halogens is 1. The lowest BCUT2D eigenvalue weighted by atomic mass is 10.2. The van der Waals surface area contributed by atoms with Crippen molar-refractivity contribution in [1.82, 2.24) is 9.88 Å². The van der Waals surface area contributed by atoms with E-state index < -0.39 is 0 Å². The molecule has 0 spiro atoms. The number of hydrogen-bond acceptors (Lipinski definition) is 3. The molecule has 3 nitrogen and oxygen atoms in total. The van der Waals surface area contributed by atoms with Gasteiger partial charge in [0.1, 0.15) is 0 Å². The summed E-state index contributed by atoms with van der Waals surface area (Å²) in [5.74, 6) is 1.00. The van der Waals surface area contributed by atoms with Gasteiger partial charge in [-0.3, -0.25) is 9.78 Å². The van der Waals surface area contributed by atoms with Gasteiger partial charge in [-0.25, -0.2) is 0 Å². The summed E-state index contributed by atoms with van der Waals surface area (Å²) in [5, 5.41) is 1.03. The largest absolute Gasteiger partial charge is 0.337 e. The number of amides is 1. The Morgan fingerprint density at radius 2 is 2.53 bits per heavy atom. The van der Waals surface area contributed by atoms with Gasteiger partial charge < -0.3 is 4.90 Å². The molecule has 1 fully saturated rings. The first-order valence-electron chi connectivity index (χ1n) is 5.72. The Morgan fingerprint density at radius 3 is 3.24 bits per heavy atom. The number of nitrogens with zero attached hydrogens (tertiary/aromatic N) is 2. The zero-order valence-corrected chi connectivity index (χ0v) is 11.3. The van der Waals surface area contributed by atoms with Crippen LogP contribution in [0, 0.1) is 0 Å². The second-order valence-electron chi connectivity index (χ2n) is 4.01. The molecule has 0 N–H and O–H groups in total. The third-order valence-electron chi connectivity index (χ3n) is 2.88. The highest BCUT2D eigenvalue weighted by atomic mass is 35.5. The molecule has 1 saturated heterocycles. The van der Waals surface area contributed by atoms with Crippen molar-refractivity contribution in [1.29, 1.82) is 0 Å². The molecule has 1 aliphatic rings. The Hall–Kier alpha value is -0.740. The Kier molecular flexibility index (Phi) is 4.29. The third kappa shape index (κ3) is 2.93. The molecular weight excluding hydrogens is 256 g/mol. The van der Waals surface area contributed by atoms with Gasteiger partial charge in [-0.05, 0) is 12.5 Å². The minimum Gasteiger partial charge on any atom is -0.337 e. The van der Waals surface area contributed by atoms with Crippen molar-refractivity contribution in [3.63, 3.8) is 0 Å². The molecule has 2 rings (SSSR count). The second-order valence-corrected chi connectivity index (χ2v) is 5.82. The molecule has 0 bridgehead atoms. The SMILES string of the molecule is CCC1CN(C(=O)c2cnccc2Cl)CCS1. The summed E-state index contributed by atoms with van der Waals surface area (Å²) in [6.07, 6.45) is 4.24. The maximum Gasteiger partial charge on any atom is 0.257 e. The van der Waals surface area contributed by atoms with Gasteiger partial charge in [0.15, 0.2) is 0 Å². The number of hydrogen-bond donors (Lipinski definition) is 0. The first-order chi connectivity index (χ1) is 8.22. The molecule has 0 aliphatic carbocycles. The fourth-order valence-corrected chi connectivity index (χ4v) is 3.22. The number of pyridine rings is 1. The van der Waals surface area contributed by atoms with Crippen LogP contribution in [0.2, 0.25) is 5.02 Å². The summed E-state index contributed by atoms with van der Waals surface area (Å²) in [4.78, 5) is 18.1. The highest BCUT2D eigenvalue weighted by molar-refractivity contribution is 8.00. The topological polar surface area (TPSA) is 33.2 Å². The average molecular weight is 271 g/mol. The fourth-order valence-electron chi connectivity index (χ4n) is 1.86. The number of thioether (sulfide) groups is 1. The van der Waals surface area contributed by atoms with E-state index in [4.69, 9.17) is 11.6 Å². The maximum atomic E-state index is 12.3. The van der Waals surface area contributed by atoms with E-state index in [-0.39, 0.29) is 5.91 Å². The molecule has 0 saturated carbocycles. The van der Waals surface area contributed by atoms with Crippen LogP contribution >= 0.6 is 23.4 Å². The Bertz CT molecular complexity index is 413. The van der Waals surface area contributed by atoms with Crippen LogP contribution in [-0.2, 0) is 0 Å². The van der Waals surface area contributed by atoms with Gasteiger partial charge >= 0.3 is 0 Å². The van der Waals surface area contributed by atoms with E-state index in [0.717, 1.165) is 25.3 Å². The number of aromatic nitrogens is 1. The molecule has 1 unspecified atom stereocenters. The van der Waals surface area contributed by atoms with E-state index in [2.05, 4.69) is 11.9 Å². The molecule has 1 aromatic heterocycles. The Balaban J connectivity index is 2.12. The van der Waals surface area contributed by atoms with Crippen molar-refractivity contribution in [2.75, 3.05) is 18.8 Å². The molecule has 5 heteroatoms. The van der Waals surface area contributed by atoms with E-state index >= 15 is 0 Å². The highest BCUT2D eigenvalue weighted by Gasteiger charge is 2.25. The quantitative estimate of drug-likeness (QED) is 0.828. The summed E-state index contributed by atoms with van der Waals surface area (Å²) in [7, 11) is 0. The summed E-state index contributed by atoms with van der Waals surface area (Å²) in [6, 6.07) is 1.66. The van der Waals surface area contributed by atoms with Crippen molar-refractivity contribution in [3.05, 3.63) is 29.0 Å². The molecule has 0 aromatic carbocycles. The van der Waals surface area contributed by atoms with Gasteiger partial charge in [0.05, 0.1) is 10.6 Å². The predicted octanol–water partition coefficient (Wildman–Crippen LogP) is 2.70. The average Bonchev–Trinajstić information content (AvgIpc) is 2.38. The Morgan fingerprint density at radius 1 is 1.71 bits per heavy atom. The summed E-state index contributed by atoms with van der Waals surface area (Å²) < 4.78 is 0. The van der Waals surface area contributed by atoms with Crippen molar-refractivity contribution >= 4 is 29.3 Å². The first kappa shape index (κ1) is 12.7. The van der Waals surface area contributed by atoms with Crippen molar-refractivity contribution < 1.29 is 4.79 Å². The lowest BCUT2D eigenvalue weighted by Crippen LogP contribution is -2.41. The van der Waals surface area contributed by atoms with Crippen LogP contribution in [0.4, 0.5) is 0 Å². The first-order valence-corrected chi connectivity index (χ1v) is 7.15. The third-order valence-corrected chi connectivity index (χ3v) is 4.58. The van der Waals surface area contributed by atoms with Crippen LogP contribution in [0.1, 0.15) is 23.7 Å². The lowest BCUT2D eigenvalue weighted by Gasteiger charge is -2.32. The molecule has 2 heterocycles. The zero-order valence-electron chi connectivity index (χ0n) is 9.73. The van der Waals surface area contributed by atoms with Crippen LogP contribution in [-0.4, -0.2) is 39.9 Å². The van der Waals surface area contributed by atoms with Crippen LogP contribution in [0.5, 0.6) is 0 Å². The van der Waals surface area contributed by atoms with E-state index in [1.807, 2.05) is 16.7 Å². The van der Waals surface area contributed by atoms with E-state index in [1.54, 1.807) is 18.5 Å². The van der Waals surface area contributed by atoms with Gasteiger partial charge in [-0.1, -0.05) is 18.5 Å². The highest BCUT2D eigenvalue weighted by Crippen LogP contribution is 2.24. The van der Waals surface area contributed by atoms with Crippen LogP contribution < -0.4 is 0 Å². The summed E-state index contributed by atoms with van der Waals surface area (Å²) >= 11 is 7.96. The number of carbonyl (C=O) groups is 1. The standard InChI is InChI=1S/C12H15ClN2OS/c1-2-9-8-15(5-6-17-9)12(16)10-7-14-4-3-11(10)13/h3-4,7,9H,2,5-6,8H2,1H3. The van der Waals surface area contributed by atoms with E-state index in [1.165, 1.54) is 0 Å². The van der Waals surface area contributed by atoms with E-state index in [0.29, 0.717) is 15.8 Å². The lowest BCUT2D eigenvalue weighted by molar-refractivity contribution is 0.0760. The van der Waals surface area contributed by atoms with Gasteiger partial charge in [0.25, 0.3) is 5.91 Å². The van der Waals surface area contributed by atoms with Crippen LogP contribution in [0.3, 0.4) is 0 Å². The normalized spacial score (nSPS) is 20.4. The summed E-state index contributed by atoms with van der Waals surface area (Å²) in [6.45, 7) is 3.76. The predicted molar refractivity (Wildman–Crippen MR) is 71.7 cm³/mol. The van der Waals surface area contributed by atoms with Gasteiger partial charge in [0, 0.05) is 36.5 Å². The minimum absolute atomic E-state index is 0.00171. The van der Waals surface area contributed by atoms with Gasteiger partial charge in [-0.2, -0.15) is 11.8 Å². The molecular formula is C12H15ClN2OS. The number of rotatable bonds is 2. The molecule has 17 heavy (non-hydrogen) atoms. The van der Waals surface area contributed by atoms with Crippen molar-refractivity contribution in [3.8, 4) is 0 Å². The molecule has 1 atom stereocenters. The van der Waals surface area contributed by atoms with Crippen molar-refractivity contribution in [2.24, 2.45) is 0 Å². The van der Waals surface area contributed by atoms with Crippen LogP contribution in [0.15, 0.2) is 18.5 Å². The van der Waals surface area contributed by atoms with Crippen LogP contribution in [0.25, 0.3) is 0 Å². The second kappa shape index (κ2) is 5.74. The molecule has 92 valence electrons. The maximum absolute atomic E-state index is 12.3. The molecule has 0 radical (unpaired) electrons. The van der Waals surface area contributed by atoms with Gasteiger partial charge in [0.2, 0.25) is 0 Å². The molecule has 1 amide bonds. The minimum atomic E-state index is 0.00171. The van der Waals surface area contributed by atoms with Crippen molar-refractivity contribution in [2.45, 2.75) is 18.6 Å². The monoisotopic (exact) mass is 270 g/mol. The zero-order chi connectivity index (χ0) is 12.3. The van der Waals surface area contributed by atoms with Gasteiger partial charge in [-0.15, -0.1) is 0 Å².